The van der Waals surface area contributed by atoms with Gasteiger partial charge in [0.25, 0.3) is 0 Å². The van der Waals surface area contributed by atoms with Gasteiger partial charge < -0.3 is 11.1 Å². The van der Waals surface area contributed by atoms with Crippen LogP contribution in [0.25, 0.3) is 0 Å². The molecule has 0 aliphatic rings. The topological polar surface area (TPSA) is 68.0 Å². The van der Waals surface area contributed by atoms with E-state index < -0.39 is 17.8 Å². The van der Waals surface area contributed by atoms with E-state index in [2.05, 4.69) is 10.3 Å². The molecule has 0 saturated heterocycles. The summed E-state index contributed by atoms with van der Waals surface area (Å²) in [5, 5.41) is 3.43. The molecular formula is C7H9ClF3N3OS. The number of rotatable bonds is 3. The minimum Gasteiger partial charge on any atom is -0.348 e. The second-order valence-electron chi connectivity index (χ2n) is 2.61. The highest BCUT2D eigenvalue weighted by Gasteiger charge is 2.33. The van der Waals surface area contributed by atoms with E-state index in [1.807, 2.05) is 0 Å². The summed E-state index contributed by atoms with van der Waals surface area (Å²) in [4.78, 5) is 14.0. The van der Waals surface area contributed by atoms with Gasteiger partial charge in [-0.1, -0.05) is 0 Å². The van der Waals surface area contributed by atoms with Crippen LogP contribution in [0.5, 0.6) is 0 Å². The Morgan fingerprint density at radius 1 is 1.56 bits per heavy atom. The number of nitrogens with one attached hydrogen (secondary N) is 1. The summed E-state index contributed by atoms with van der Waals surface area (Å²) in [5.41, 5.74) is 4.06. The summed E-state index contributed by atoms with van der Waals surface area (Å²) in [6.07, 6.45) is -4.44. The summed E-state index contributed by atoms with van der Waals surface area (Å²) in [6, 6.07) is 0. The highest BCUT2D eigenvalue weighted by Crippen LogP contribution is 2.29. The maximum Gasteiger partial charge on any atom is 0.434 e. The molecule has 0 radical (unpaired) electrons. The van der Waals surface area contributed by atoms with Crippen LogP contribution in [0.1, 0.15) is 10.7 Å². The Kier molecular flexibility index (Phi) is 5.70. The summed E-state index contributed by atoms with van der Waals surface area (Å²) in [7, 11) is 0. The summed E-state index contributed by atoms with van der Waals surface area (Å²) >= 11 is 0.842. The third kappa shape index (κ3) is 4.33. The van der Waals surface area contributed by atoms with Gasteiger partial charge in [-0.25, -0.2) is 4.98 Å². The average molecular weight is 276 g/mol. The lowest BCUT2D eigenvalue weighted by Crippen LogP contribution is -2.29. The Morgan fingerprint density at radius 3 is 2.62 bits per heavy atom. The van der Waals surface area contributed by atoms with Crippen molar-refractivity contribution in [3.8, 4) is 0 Å². The van der Waals surface area contributed by atoms with E-state index in [-0.39, 0.29) is 30.5 Å². The molecule has 0 aliphatic heterocycles. The number of hydrogen-bond donors (Lipinski definition) is 2. The van der Waals surface area contributed by atoms with Gasteiger partial charge >= 0.3 is 6.18 Å². The van der Waals surface area contributed by atoms with E-state index in [1.165, 1.54) is 0 Å². The third-order valence-corrected chi connectivity index (χ3v) is 2.31. The normalized spacial score (nSPS) is 10.8. The van der Waals surface area contributed by atoms with Crippen LogP contribution in [-0.4, -0.2) is 17.4 Å². The van der Waals surface area contributed by atoms with Crippen LogP contribution in [-0.2, 0) is 17.5 Å². The Labute approximate surface area is 99.5 Å². The van der Waals surface area contributed by atoms with Crippen molar-refractivity contribution in [1.82, 2.24) is 10.3 Å². The molecule has 0 atom stereocenters. The zero-order valence-electron chi connectivity index (χ0n) is 7.87. The van der Waals surface area contributed by atoms with Gasteiger partial charge in [-0.15, -0.1) is 23.7 Å². The quantitative estimate of drug-likeness (QED) is 0.870. The monoisotopic (exact) mass is 275 g/mol. The number of aromatic nitrogens is 1. The van der Waals surface area contributed by atoms with E-state index in [9.17, 15) is 18.0 Å². The van der Waals surface area contributed by atoms with Gasteiger partial charge in [-0.05, 0) is 0 Å². The smallest absolute Gasteiger partial charge is 0.348 e. The van der Waals surface area contributed by atoms with Gasteiger partial charge in [0.15, 0.2) is 5.69 Å². The molecule has 0 bridgehead atoms. The SMILES string of the molecule is Cl.NCC(=O)NCc1nc(C(F)(F)F)cs1. The van der Waals surface area contributed by atoms with Crippen molar-refractivity contribution in [2.45, 2.75) is 12.7 Å². The molecule has 0 fully saturated rings. The molecule has 1 heterocycles. The molecule has 4 nitrogen and oxygen atoms in total. The number of nitrogens with zero attached hydrogens (tertiary/aromatic N) is 1. The Hall–Kier alpha value is -0.860. The van der Waals surface area contributed by atoms with Crippen molar-refractivity contribution in [3.63, 3.8) is 0 Å². The molecule has 0 aromatic carbocycles. The highest BCUT2D eigenvalue weighted by molar-refractivity contribution is 7.09. The first-order chi connectivity index (χ1) is 6.93. The van der Waals surface area contributed by atoms with Crippen molar-refractivity contribution in [2.24, 2.45) is 5.73 Å². The molecule has 1 rings (SSSR count). The number of nitrogens with two attached hydrogens (primary N) is 1. The zero-order chi connectivity index (χ0) is 11.5. The van der Waals surface area contributed by atoms with Crippen LogP contribution < -0.4 is 11.1 Å². The van der Waals surface area contributed by atoms with E-state index >= 15 is 0 Å². The van der Waals surface area contributed by atoms with Gasteiger partial charge in [0.2, 0.25) is 5.91 Å². The molecule has 9 heteroatoms. The van der Waals surface area contributed by atoms with Gasteiger partial charge in [0.1, 0.15) is 5.01 Å². The molecule has 0 unspecified atom stereocenters. The number of halogens is 4. The summed E-state index contributed by atoms with van der Waals surface area (Å²) in [6.45, 7) is -0.228. The van der Waals surface area contributed by atoms with Crippen LogP contribution in [0.2, 0.25) is 0 Å². The van der Waals surface area contributed by atoms with Gasteiger partial charge in [-0.2, -0.15) is 13.2 Å². The van der Waals surface area contributed by atoms with E-state index in [0.717, 1.165) is 16.7 Å². The molecular weight excluding hydrogens is 267 g/mol. The predicted octanol–water partition coefficient (Wildman–Crippen LogP) is 1.16. The fraction of sp³-hybridized carbons (Fsp3) is 0.429. The van der Waals surface area contributed by atoms with E-state index in [0.29, 0.717) is 0 Å². The van der Waals surface area contributed by atoms with Crippen molar-refractivity contribution >= 4 is 29.7 Å². The average Bonchev–Trinajstić information content (AvgIpc) is 2.61. The lowest BCUT2D eigenvalue weighted by molar-refractivity contribution is -0.140. The number of amides is 1. The van der Waals surface area contributed by atoms with Crippen LogP contribution in [0, 0.1) is 0 Å². The minimum atomic E-state index is -4.44. The molecule has 0 saturated carbocycles. The summed E-state index contributed by atoms with van der Waals surface area (Å²) in [5.74, 6) is -0.432. The molecule has 0 aliphatic carbocycles. The lowest BCUT2D eigenvalue weighted by Gasteiger charge is -2.01. The number of carbonyl (C=O) groups excluding carboxylic acids is 1. The maximum atomic E-state index is 12.1. The largest absolute Gasteiger partial charge is 0.434 e. The molecule has 1 aromatic heterocycles. The zero-order valence-corrected chi connectivity index (χ0v) is 9.51. The van der Waals surface area contributed by atoms with E-state index in [4.69, 9.17) is 5.73 Å². The summed E-state index contributed by atoms with van der Waals surface area (Å²) < 4.78 is 36.3. The van der Waals surface area contributed by atoms with E-state index in [1.54, 1.807) is 0 Å². The van der Waals surface area contributed by atoms with Crippen LogP contribution in [0.3, 0.4) is 0 Å². The maximum absolute atomic E-state index is 12.1. The second kappa shape index (κ2) is 6.02. The van der Waals surface area contributed by atoms with Gasteiger partial charge in [0.05, 0.1) is 13.1 Å². The first-order valence-corrected chi connectivity index (χ1v) is 4.80. The molecule has 3 N–H and O–H groups in total. The second-order valence-corrected chi connectivity index (χ2v) is 3.55. The molecule has 0 spiro atoms. The van der Waals surface area contributed by atoms with Crippen molar-refractivity contribution in [1.29, 1.82) is 0 Å². The van der Waals surface area contributed by atoms with Crippen molar-refractivity contribution in [2.75, 3.05) is 6.54 Å². The number of alkyl halides is 3. The fourth-order valence-corrected chi connectivity index (χ4v) is 1.51. The first-order valence-electron chi connectivity index (χ1n) is 3.92. The molecule has 1 amide bonds. The van der Waals surface area contributed by atoms with Crippen LogP contribution >= 0.6 is 23.7 Å². The van der Waals surface area contributed by atoms with Crippen LogP contribution in [0.15, 0.2) is 5.38 Å². The Bertz CT molecular complexity index is 355. The Balaban J connectivity index is 0.00000225. The van der Waals surface area contributed by atoms with Gasteiger partial charge in [0, 0.05) is 5.38 Å². The number of hydrogen-bond acceptors (Lipinski definition) is 4. The molecule has 92 valence electrons. The fourth-order valence-electron chi connectivity index (χ4n) is 0.769. The molecule has 16 heavy (non-hydrogen) atoms. The van der Waals surface area contributed by atoms with Gasteiger partial charge in [-0.3, -0.25) is 4.79 Å². The van der Waals surface area contributed by atoms with Crippen LogP contribution in [0.4, 0.5) is 13.2 Å². The standard InChI is InChI=1S/C7H8F3N3OS.ClH/c8-7(9,10)4-3-15-6(13-4)2-12-5(14)1-11;/h3H,1-2,11H2,(H,12,14);1H. The predicted molar refractivity (Wildman–Crippen MR) is 55.3 cm³/mol. The first kappa shape index (κ1) is 15.1. The number of carbonyl (C=O) groups is 1. The highest BCUT2D eigenvalue weighted by atomic mass is 35.5. The van der Waals surface area contributed by atoms with Crippen molar-refractivity contribution in [3.05, 3.63) is 16.1 Å². The lowest BCUT2D eigenvalue weighted by atomic mass is 10.5. The number of thiazole rings is 1. The molecule has 1 aromatic rings. The Morgan fingerprint density at radius 2 is 2.19 bits per heavy atom. The third-order valence-electron chi connectivity index (χ3n) is 1.46. The minimum absolute atomic E-state index is 0. The van der Waals surface area contributed by atoms with Crippen molar-refractivity contribution < 1.29 is 18.0 Å².